The number of carboxylic acids is 1. The number of rotatable bonds is 3. The second-order valence-corrected chi connectivity index (χ2v) is 5.68. The van der Waals surface area contributed by atoms with Crippen molar-refractivity contribution in [2.45, 2.75) is 13.8 Å². The maximum atomic E-state index is 12.3. The van der Waals surface area contributed by atoms with Crippen LogP contribution in [0.3, 0.4) is 0 Å². The van der Waals surface area contributed by atoms with Gasteiger partial charge in [0, 0.05) is 10.0 Å². The molecule has 4 nitrogen and oxygen atoms in total. The number of halogens is 1. The van der Waals surface area contributed by atoms with Crippen LogP contribution in [0, 0.1) is 13.8 Å². The number of hydrogen-bond acceptors (Lipinski definition) is 2. The Morgan fingerprint density at radius 1 is 1.00 bits per heavy atom. The summed E-state index contributed by atoms with van der Waals surface area (Å²) >= 11 is 3.30. The molecule has 0 aromatic heterocycles. The molecule has 0 bridgehead atoms. The average Bonchev–Trinajstić information content (AvgIpc) is 2.39. The van der Waals surface area contributed by atoms with E-state index in [0.29, 0.717) is 15.7 Å². The zero-order valence-electron chi connectivity index (χ0n) is 11.6. The summed E-state index contributed by atoms with van der Waals surface area (Å²) in [6, 6.07) is 10.1. The molecule has 0 aliphatic rings. The van der Waals surface area contributed by atoms with Crippen molar-refractivity contribution >= 4 is 33.5 Å². The van der Waals surface area contributed by atoms with E-state index < -0.39 is 5.97 Å². The van der Waals surface area contributed by atoms with E-state index in [9.17, 15) is 9.59 Å². The highest BCUT2D eigenvalue weighted by Gasteiger charge is 2.12. The molecule has 2 N–H and O–H groups in total. The fourth-order valence-electron chi connectivity index (χ4n) is 2.05. The number of anilines is 1. The van der Waals surface area contributed by atoms with Gasteiger partial charge in [-0.05, 0) is 60.1 Å². The van der Waals surface area contributed by atoms with Crippen LogP contribution in [0.4, 0.5) is 5.69 Å². The van der Waals surface area contributed by atoms with Crippen LogP contribution < -0.4 is 5.32 Å². The fraction of sp³-hybridized carbons (Fsp3) is 0.125. The van der Waals surface area contributed by atoms with Gasteiger partial charge in [0.15, 0.2) is 0 Å². The first-order valence-electron chi connectivity index (χ1n) is 6.29. The number of aromatic carboxylic acids is 1. The van der Waals surface area contributed by atoms with Gasteiger partial charge in [0.25, 0.3) is 5.91 Å². The van der Waals surface area contributed by atoms with Crippen LogP contribution in [0.25, 0.3) is 0 Å². The maximum Gasteiger partial charge on any atom is 0.335 e. The minimum atomic E-state index is -1.04. The molecule has 0 fully saturated rings. The molecule has 0 heterocycles. The minimum Gasteiger partial charge on any atom is -0.478 e. The quantitative estimate of drug-likeness (QED) is 0.881. The van der Waals surface area contributed by atoms with Gasteiger partial charge >= 0.3 is 5.97 Å². The van der Waals surface area contributed by atoms with Crippen LogP contribution in [-0.2, 0) is 0 Å². The molecule has 1 amide bonds. The number of amides is 1. The summed E-state index contributed by atoms with van der Waals surface area (Å²) < 4.78 is 0.630. The Labute approximate surface area is 130 Å². The first-order valence-corrected chi connectivity index (χ1v) is 7.08. The lowest BCUT2D eigenvalue weighted by Gasteiger charge is -2.09. The largest absolute Gasteiger partial charge is 0.478 e. The Hall–Kier alpha value is -2.14. The summed E-state index contributed by atoms with van der Waals surface area (Å²) in [4.78, 5) is 23.3. The Bertz CT molecular complexity index is 705. The van der Waals surface area contributed by atoms with E-state index in [-0.39, 0.29) is 11.5 Å². The van der Waals surface area contributed by atoms with E-state index in [4.69, 9.17) is 5.11 Å². The van der Waals surface area contributed by atoms with Crippen LogP contribution >= 0.6 is 15.9 Å². The van der Waals surface area contributed by atoms with Crippen molar-refractivity contribution in [3.05, 3.63) is 63.1 Å². The highest BCUT2D eigenvalue weighted by Crippen LogP contribution is 2.24. The first-order chi connectivity index (χ1) is 9.86. The summed E-state index contributed by atoms with van der Waals surface area (Å²) in [6.07, 6.45) is 0. The van der Waals surface area contributed by atoms with Gasteiger partial charge in [-0.25, -0.2) is 4.79 Å². The molecule has 2 aromatic rings. The van der Waals surface area contributed by atoms with Crippen molar-refractivity contribution in [1.29, 1.82) is 0 Å². The van der Waals surface area contributed by atoms with E-state index in [2.05, 4.69) is 21.2 Å². The molecule has 2 aromatic carbocycles. The number of carbonyl (C=O) groups is 2. The van der Waals surface area contributed by atoms with Crippen LogP contribution in [0.1, 0.15) is 31.8 Å². The third kappa shape index (κ3) is 3.70. The lowest BCUT2D eigenvalue weighted by atomic mass is 10.1. The number of nitrogens with one attached hydrogen (secondary N) is 1. The average molecular weight is 348 g/mol. The van der Waals surface area contributed by atoms with Gasteiger partial charge in [0.2, 0.25) is 0 Å². The van der Waals surface area contributed by atoms with Crippen LogP contribution in [-0.4, -0.2) is 17.0 Å². The highest BCUT2D eigenvalue weighted by atomic mass is 79.9. The number of benzene rings is 2. The predicted molar refractivity (Wildman–Crippen MR) is 85.0 cm³/mol. The molecule has 2 rings (SSSR count). The molecular weight excluding hydrogens is 334 g/mol. The van der Waals surface area contributed by atoms with Crippen molar-refractivity contribution in [2.75, 3.05) is 5.32 Å². The van der Waals surface area contributed by atoms with Crippen molar-refractivity contribution in [3.8, 4) is 0 Å². The Balaban J connectivity index is 2.31. The molecule has 0 spiro atoms. The van der Waals surface area contributed by atoms with Gasteiger partial charge < -0.3 is 10.4 Å². The van der Waals surface area contributed by atoms with Gasteiger partial charge in [0.1, 0.15) is 0 Å². The third-order valence-corrected chi connectivity index (χ3v) is 3.64. The molecule has 0 saturated carbocycles. The first kappa shape index (κ1) is 15.3. The third-order valence-electron chi connectivity index (χ3n) is 2.95. The smallest absolute Gasteiger partial charge is 0.335 e. The summed E-state index contributed by atoms with van der Waals surface area (Å²) in [5, 5.41) is 11.7. The second-order valence-electron chi connectivity index (χ2n) is 4.83. The Morgan fingerprint density at radius 3 is 2.19 bits per heavy atom. The van der Waals surface area contributed by atoms with Crippen molar-refractivity contribution in [3.63, 3.8) is 0 Å². The summed E-state index contributed by atoms with van der Waals surface area (Å²) in [7, 11) is 0. The van der Waals surface area contributed by atoms with Crippen molar-refractivity contribution < 1.29 is 14.7 Å². The van der Waals surface area contributed by atoms with E-state index in [0.717, 1.165) is 11.1 Å². The molecule has 21 heavy (non-hydrogen) atoms. The van der Waals surface area contributed by atoms with Crippen molar-refractivity contribution in [2.24, 2.45) is 0 Å². The van der Waals surface area contributed by atoms with E-state index >= 15 is 0 Å². The zero-order chi connectivity index (χ0) is 15.6. The molecule has 0 radical (unpaired) electrons. The lowest BCUT2D eigenvalue weighted by Crippen LogP contribution is -2.13. The van der Waals surface area contributed by atoms with E-state index in [1.54, 1.807) is 18.2 Å². The number of aryl methyl sites for hydroxylation is 2. The van der Waals surface area contributed by atoms with E-state index in [1.165, 1.54) is 12.1 Å². The molecule has 0 saturated heterocycles. The zero-order valence-corrected chi connectivity index (χ0v) is 13.2. The normalized spacial score (nSPS) is 10.2. The molecule has 0 aliphatic carbocycles. The SMILES string of the molecule is Cc1cc(C)cc(C(=O)Nc2cc(C(=O)O)ccc2Br)c1. The number of carbonyl (C=O) groups excluding carboxylic acids is 1. The van der Waals surface area contributed by atoms with Gasteiger partial charge in [-0.15, -0.1) is 0 Å². The second kappa shape index (κ2) is 6.10. The summed E-state index contributed by atoms with van der Waals surface area (Å²) in [5.74, 6) is -1.31. The summed E-state index contributed by atoms with van der Waals surface area (Å²) in [5.41, 5.74) is 3.09. The van der Waals surface area contributed by atoms with Gasteiger partial charge in [-0.1, -0.05) is 17.2 Å². The molecule has 0 atom stereocenters. The molecular formula is C16H14BrNO3. The predicted octanol–water partition coefficient (Wildman–Crippen LogP) is 4.02. The summed E-state index contributed by atoms with van der Waals surface area (Å²) in [6.45, 7) is 3.84. The fourth-order valence-corrected chi connectivity index (χ4v) is 2.40. The van der Waals surface area contributed by atoms with Gasteiger partial charge in [0.05, 0.1) is 11.3 Å². The van der Waals surface area contributed by atoms with Gasteiger partial charge in [-0.2, -0.15) is 0 Å². The maximum absolute atomic E-state index is 12.3. The molecule has 0 aliphatic heterocycles. The number of hydrogen-bond donors (Lipinski definition) is 2. The van der Waals surface area contributed by atoms with Gasteiger partial charge in [-0.3, -0.25) is 4.79 Å². The minimum absolute atomic E-state index is 0.119. The monoisotopic (exact) mass is 347 g/mol. The number of carboxylic acid groups (broad SMARTS) is 1. The highest BCUT2D eigenvalue weighted by molar-refractivity contribution is 9.10. The topological polar surface area (TPSA) is 66.4 Å². The van der Waals surface area contributed by atoms with Crippen LogP contribution in [0.5, 0.6) is 0 Å². The van der Waals surface area contributed by atoms with Crippen LogP contribution in [0.2, 0.25) is 0 Å². The molecule has 5 heteroatoms. The lowest BCUT2D eigenvalue weighted by molar-refractivity contribution is 0.0696. The van der Waals surface area contributed by atoms with Crippen molar-refractivity contribution in [1.82, 2.24) is 0 Å². The van der Waals surface area contributed by atoms with E-state index in [1.807, 2.05) is 19.9 Å². The van der Waals surface area contributed by atoms with Crippen LogP contribution in [0.15, 0.2) is 40.9 Å². The Kier molecular flexibility index (Phi) is 4.43. The standard InChI is InChI=1S/C16H14BrNO3/c1-9-5-10(2)7-12(6-9)15(19)18-14-8-11(16(20)21)3-4-13(14)17/h3-8H,1-2H3,(H,18,19)(H,20,21). The molecule has 108 valence electrons. The Morgan fingerprint density at radius 2 is 1.62 bits per heavy atom. The molecule has 0 unspecified atom stereocenters.